The van der Waals surface area contributed by atoms with E-state index in [0.717, 1.165) is 6.21 Å². The summed E-state index contributed by atoms with van der Waals surface area (Å²) in [5.41, 5.74) is 13.4. The molecule has 0 bridgehead atoms. The first-order valence-corrected chi connectivity index (χ1v) is 4.15. The summed E-state index contributed by atoms with van der Waals surface area (Å²) < 4.78 is 0. The molecular weight excluding hydrogens is 178 g/mol. The molecule has 1 amide bonds. The van der Waals surface area contributed by atoms with E-state index in [4.69, 9.17) is 11.3 Å². The quantitative estimate of drug-likeness (QED) is 0.424. The minimum absolute atomic E-state index is 0.554. The maximum absolute atomic E-state index is 11.2. The largest absolute Gasteiger partial charge is 0.368 e. The van der Waals surface area contributed by atoms with Gasteiger partial charge in [0.15, 0.2) is 5.41 Å². The first-order chi connectivity index (χ1) is 6.61. The van der Waals surface area contributed by atoms with Crippen molar-refractivity contribution in [1.29, 1.82) is 0 Å². The van der Waals surface area contributed by atoms with E-state index in [9.17, 15) is 4.79 Å². The van der Waals surface area contributed by atoms with Gasteiger partial charge in [-0.05, 0) is 12.5 Å². The van der Waals surface area contributed by atoms with E-state index in [1.165, 1.54) is 0 Å². The fourth-order valence-electron chi connectivity index (χ4n) is 1.18. The van der Waals surface area contributed by atoms with Crippen molar-refractivity contribution in [1.82, 2.24) is 0 Å². The summed E-state index contributed by atoms with van der Waals surface area (Å²) in [5, 5.41) is 0. The van der Waals surface area contributed by atoms with Crippen LogP contribution in [0.25, 0.3) is 5.53 Å². The van der Waals surface area contributed by atoms with Gasteiger partial charge in [-0.1, -0.05) is 30.3 Å². The third kappa shape index (κ3) is 1.70. The Hall–Kier alpha value is -1.93. The van der Waals surface area contributed by atoms with Gasteiger partial charge in [-0.25, -0.2) is 0 Å². The zero-order valence-corrected chi connectivity index (χ0v) is 7.84. The van der Waals surface area contributed by atoms with Gasteiger partial charge in [-0.3, -0.25) is 4.79 Å². The molecule has 4 heteroatoms. The van der Waals surface area contributed by atoms with Crippen LogP contribution >= 0.6 is 0 Å². The Bertz CT molecular complexity index is 378. The highest BCUT2D eigenvalue weighted by molar-refractivity contribution is 6.01. The molecule has 0 aliphatic heterocycles. The smallest absolute Gasteiger partial charge is 0.276 e. The van der Waals surface area contributed by atoms with Crippen LogP contribution in [-0.2, 0) is 10.2 Å². The molecule has 1 rings (SSSR count). The molecule has 0 spiro atoms. The van der Waals surface area contributed by atoms with Crippen molar-refractivity contribution in [3.8, 4) is 0 Å². The topological polar surface area (TPSA) is 79.5 Å². The lowest BCUT2D eigenvalue weighted by Crippen LogP contribution is -2.40. The van der Waals surface area contributed by atoms with Gasteiger partial charge in [0.25, 0.3) is 6.21 Å². The van der Waals surface area contributed by atoms with E-state index in [-0.39, 0.29) is 0 Å². The average Bonchev–Trinajstić information content (AvgIpc) is 2.19. The molecule has 0 aromatic heterocycles. The number of carbonyl (C=O) groups excluding carboxylic acids is 1. The van der Waals surface area contributed by atoms with Gasteiger partial charge in [0.05, 0.1) is 0 Å². The van der Waals surface area contributed by atoms with Crippen LogP contribution in [0.4, 0.5) is 0 Å². The highest BCUT2D eigenvalue weighted by atomic mass is 16.1. The molecule has 0 saturated heterocycles. The summed E-state index contributed by atoms with van der Waals surface area (Å²) in [7, 11) is 0. The first kappa shape index (κ1) is 10.2. The lowest BCUT2D eigenvalue weighted by atomic mass is 9.83. The molecule has 0 heterocycles. The summed E-state index contributed by atoms with van der Waals surface area (Å²) in [6.07, 6.45) is 1.13. The molecule has 0 fully saturated rings. The van der Waals surface area contributed by atoms with Gasteiger partial charge < -0.3 is 11.3 Å². The molecule has 0 aliphatic rings. The van der Waals surface area contributed by atoms with Crippen molar-refractivity contribution in [2.24, 2.45) is 5.73 Å². The molecule has 1 aromatic rings. The molecule has 0 saturated carbocycles. The Balaban J connectivity index is 3.26. The predicted octanol–water partition coefficient (Wildman–Crippen LogP) is 0.730. The lowest BCUT2D eigenvalue weighted by Gasteiger charge is -2.16. The molecule has 2 N–H and O–H groups in total. The van der Waals surface area contributed by atoms with E-state index < -0.39 is 11.3 Å². The van der Waals surface area contributed by atoms with Gasteiger partial charge in [0.1, 0.15) is 0 Å². The standard InChI is InChI=1S/C10H11N3O/c1-10(7-13-12,9(11)14)8-5-3-2-4-6-8/h2-7H,1H3,(H2,11,14). The number of amides is 1. The lowest BCUT2D eigenvalue weighted by molar-refractivity contribution is -0.121. The second-order valence-corrected chi connectivity index (χ2v) is 3.18. The second kappa shape index (κ2) is 3.85. The van der Waals surface area contributed by atoms with Crippen LogP contribution in [0.3, 0.4) is 0 Å². The van der Waals surface area contributed by atoms with Gasteiger partial charge >= 0.3 is 0 Å². The third-order valence-electron chi connectivity index (χ3n) is 2.20. The average molecular weight is 189 g/mol. The van der Waals surface area contributed by atoms with Gasteiger partial charge in [0, 0.05) is 0 Å². The van der Waals surface area contributed by atoms with Crippen LogP contribution in [0.2, 0.25) is 0 Å². The molecule has 4 nitrogen and oxygen atoms in total. The molecule has 14 heavy (non-hydrogen) atoms. The van der Waals surface area contributed by atoms with Gasteiger partial charge in [-0.15, -0.1) is 0 Å². The van der Waals surface area contributed by atoms with Crippen LogP contribution < -0.4 is 5.73 Å². The van der Waals surface area contributed by atoms with Crippen molar-refractivity contribution in [2.45, 2.75) is 12.3 Å². The number of nitrogens with two attached hydrogens (primary N) is 1. The Morgan fingerprint density at radius 2 is 2.07 bits per heavy atom. The number of primary amides is 1. The summed E-state index contributed by atoms with van der Waals surface area (Å²) in [6, 6.07) is 8.93. The molecule has 72 valence electrons. The molecule has 1 aromatic carbocycles. The van der Waals surface area contributed by atoms with Crippen LogP contribution in [0.15, 0.2) is 30.3 Å². The van der Waals surface area contributed by atoms with Crippen molar-refractivity contribution in [2.75, 3.05) is 0 Å². The van der Waals surface area contributed by atoms with E-state index in [0.29, 0.717) is 5.56 Å². The van der Waals surface area contributed by atoms with E-state index >= 15 is 0 Å². The van der Waals surface area contributed by atoms with E-state index in [1.54, 1.807) is 31.2 Å². The van der Waals surface area contributed by atoms with Crippen molar-refractivity contribution < 1.29 is 9.58 Å². The van der Waals surface area contributed by atoms with Crippen LogP contribution in [0.5, 0.6) is 0 Å². The van der Waals surface area contributed by atoms with E-state index in [2.05, 4.69) is 4.79 Å². The van der Waals surface area contributed by atoms with Crippen LogP contribution in [-0.4, -0.2) is 16.9 Å². The number of nitrogens with zero attached hydrogens (tertiary/aromatic N) is 2. The number of hydrogen-bond donors (Lipinski definition) is 1. The highest BCUT2D eigenvalue weighted by Gasteiger charge is 2.35. The minimum Gasteiger partial charge on any atom is -0.368 e. The van der Waals surface area contributed by atoms with Crippen LogP contribution in [0.1, 0.15) is 12.5 Å². The number of benzene rings is 1. The maximum atomic E-state index is 11.2. The summed E-state index contributed by atoms with van der Waals surface area (Å²) >= 11 is 0. The Labute approximate surface area is 82.0 Å². The molecular formula is C10H11N3O. The SMILES string of the molecule is CC(C=[N+]=[N-])(C(N)=O)c1ccccc1. The highest BCUT2D eigenvalue weighted by Crippen LogP contribution is 2.20. The van der Waals surface area contributed by atoms with Gasteiger partial charge in [-0.2, -0.15) is 4.79 Å². The predicted molar refractivity (Wildman–Crippen MR) is 52.7 cm³/mol. The Morgan fingerprint density at radius 3 is 2.50 bits per heavy atom. The molecule has 1 atom stereocenters. The number of rotatable bonds is 3. The Kier molecular flexibility index (Phi) is 2.79. The second-order valence-electron chi connectivity index (χ2n) is 3.18. The summed E-state index contributed by atoms with van der Waals surface area (Å²) in [6.45, 7) is 1.60. The normalized spacial score (nSPS) is 13.8. The monoisotopic (exact) mass is 189 g/mol. The van der Waals surface area contributed by atoms with Gasteiger partial charge in [0.2, 0.25) is 5.91 Å². The molecule has 0 radical (unpaired) electrons. The summed E-state index contributed by atoms with van der Waals surface area (Å²) in [5.74, 6) is -0.554. The third-order valence-corrected chi connectivity index (χ3v) is 2.20. The van der Waals surface area contributed by atoms with Crippen molar-refractivity contribution >= 4 is 12.1 Å². The summed E-state index contributed by atoms with van der Waals surface area (Å²) in [4.78, 5) is 14.1. The zero-order chi connectivity index (χ0) is 10.6. The number of carbonyl (C=O) groups is 1. The van der Waals surface area contributed by atoms with Crippen LogP contribution in [0, 0.1) is 0 Å². The zero-order valence-electron chi connectivity index (χ0n) is 7.84. The number of hydrogen-bond acceptors (Lipinski definition) is 1. The maximum Gasteiger partial charge on any atom is 0.276 e. The van der Waals surface area contributed by atoms with Crippen molar-refractivity contribution in [3.63, 3.8) is 0 Å². The Morgan fingerprint density at radius 1 is 1.50 bits per heavy atom. The fourth-order valence-corrected chi connectivity index (χ4v) is 1.18. The van der Waals surface area contributed by atoms with E-state index in [1.807, 2.05) is 6.07 Å². The first-order valence-electron chi connectivity index (χ1n) is 4.15. The molecule has 1 unspecified atom stereocenters. The molecule has 0 aliphatic carbocycles. The minimum atomic E-state index is -1.06. The van der Waals surface area contributed by atoms with Crippen molar-refractivity contribution in [3.05, 3.63) is 41.4 Å². The fraction of sp³-hybridized carbons (Fsp3) is 0.200.